The summed E-state index contributed by atoms with van der Waals surface area (Å²) in [5, 5.41) is 0.745. The summed E-state index contributed by atoms with van der Waals surface area (Å²) in [4.78, 5) is 6.34. The molecule has 0 atom stereocenters. The molecule has 0 bridgehead atoms. The summed E-state index contributed by atoms with van der Waals surface area (Å²) in [6, 6.07) is 6.53. The number of halogens is 3. The Labute approximate surface area is 204 Å². The van der Waals surface area contributed by atoms with Gasteiger partial charge < -0.3 is 4.74 Å². The zero-order valence-corrected chi connectivity index (χ0v) is 20.9. The van der Waals surface area contributed by atoms with Crippen LogP contribution < -0.4 is 16.2 Å². The van der Waals surface area contributed by atoms with E-state index in [1.165, 1.54) is 6.33 Å². The van der Waals surface area contributed by atoms with Gasteiger partial charge in [-0.25, -0.2) is 0 Å². The summed E-state index contributed by atoms with van der Waals surface area (Å²) in [7, 11) is 0. The van der Waals surface area contributed by atoms with E-state index >= 15 is 0 Å². The van der Waals surface area contributed by atoms with Crippen molar-refractivity contribution < 1.29 is 42.0 Å². The summed E-state index contributed by atoms with van der Waals surface area (Å²) in [6.45, 7) is 2.52. The number of morpholine rings is 1. The Morgan fingerprint density at radius 1 is 1.09 bits per heavy atom. The van der Waals surface area contributed by atoms with Crippen LogP contribution in [0.1, 0.15) is 5.56 Å². The summed E-state index contributed by atoms with van der Waals surface area (Å²) in [5.41, 5.74) is 12.5. The molecule has 0 radical (unpaired) electrons. The van der Waals surface area contributed by atoms with Crippen molar-refractivity contribution in [2.24, 2.45) is 11.5 Å². The number of hydrogen-bond acceptors (Lipinski definition) is 6. The first-order valence-corrected chi connectivity index (χ1v) is 11.8. The third-order valence-corrected chi connectivity index (χ3v) is 6.46. The van der Waals surface area contributed by atoms with E-state index in [0.717, 1.165) is 28.4 Å². The van der Waals surface area contributed by atoms with Crippen molar-refractivity contribution in [1.82, 2.24) is 14.5 Å². The van der Waals surface area contributed by atoms with Crippen molar-refractivity contribution in [2.75, 3.05) is 26.3 Å². The van der Waals surface area contributed by atoms with Gasteiger partial charge in [-0.1, -0.05) is 0 Å². The van der Waals surface area contributed by atoms with Crippen molar-refractivity contribution in [3.8, 4) is 5.75 Å². The van der Waals surface area contributed by atoms with Crippen molar-refractivity contribution >= 4 is 10.9 Å². The fraction of sp³-hybridized carbons (Fsp3) is 0.217. The van der Waals surface area contributed by atoms with Gasteiger partial charge in [0.05, 0.1) is 0 Å². The van der Waals surface area contributed by atoms with Crippen molar-refractivity contribution in [3.63, 3.8) is 0 Å². The SMILES string of the molecule is N/C(=C\C=C(/N)N1CCOCC1)Oc1ccc2c(c1)[c](=[W])ncn2Cc1c(F)cc(F)cc1F. The molecule has 0 spiro atoms. The van der Waals surface area contributed by atoms with E-state index in [1.54, 1.807) is 34.9 Å². The van der Waals surface area contributed by atoms with Gasteiger partial charge in [-0.2, -0.15) is 0 Å². The fourth-order valence-electron chi connectivity index (χ4n) is 3.54. The van der Waals surface area contributed by atoms with Gasteiger partial charge in [-0.05, 0) is 0 Å². The monoisotopic (exact) mass is 641 g/mol. The van der Waals surface area contributed by atoms with Crippen LogP contribution in [0.15, 0.2) is 60.5 Å². The summed E-state index contributed by atoms with van der Waals surface area (Å²) >= 11 is 1.10. The number of hydrogen-bond donors (Lipinski definition) is 2. The number of allylic oxidation sites excluding steroid dienone is 2. The molecule has 7 nitrogen and oxygen atoms in total. The molecule has 0 amide bonds. The van der Waals surface area contributed by atoms with Crippen LogP contribution >= 0.6 is 0 Å². The topological polar surface area (TPSA) is 91.6 Å². The number of nitrogens with two attached hydrogens (primary N) is 2. The molecule has 34 heavy (non-hydrogen) atoms. The zero-order chi connectivity index (χ0) is 24.2. The zero-order valence-electron chi connectivity index (χ0n) is 18.0. The number of benzene rings is 2. The quantitative estimate of drug-likeness (QED) is 0.318. The molecule has 1 saturated heterocycles. The molecule has 0 aliphatic carbocycles. The second-order valence-electron chi connectivity index (χ2n) is 7.57. The van der Waals surface area contributed by atoms with Crippen molar-refractivity contribution in [3.05, 3.63) is 87.2 Å². The minimum absolute atomic E-state index is 0.146. The van der Waals surface area contributed by atoms with Gasteiger partial charge in [0.1, 0.15) is 0 Å². The van der Waals surface area contributed by atoms with Crippen LogP contribution in [0, 0.1) is 21.1 Å². The molecule has 178 valence electrons. The molecular weight excluding hydrogens is 619 g/mol. The van der Waals surface area contributed by atoms with E-state index < -0.39 is 17.5 Å². The Bertz CT molecular complexity index is 1310. The van der Waals surface area contributed by atoms with Crippen LogP contribution in [0.25, 0.3) is 10.9 Å². The molecule has 0 unspecified atom stereocenters. The Balaban J connectivity index is 1.57. The second-order valence-corrected chi connectivity index (χ2v) is 8.96. The number of fused-ring (bicyclic) bond motifs is 1. The maximum atomic E-state index is 14.2. The predicted octanol–water partition coefficient (Wildman–Crippen LogP) is 2.89. The molecule has 1 aromatic heterocycles. The molecule has 1 aliphatic rings. The molecule has 0 saturated carbocycles. The fourth-order valence-corrected chi connectivity index (χ4v) is 4.30. The Hall–Kier alpha value is -3.10. The maximum absolute atomic E-state index is 14.2. The van der Waals surface area contributed by atoms with Crippen LogP contribution in [0.3, 0.4) is 0 Å². The standard InChI is InChI=1S/C23H22F3N5O2.W/c24-16-10-19(25)18(20(26)11-16)13-31-14-29-12-15-9-17(1-2-21(15)31)33-23(28)4-3-22(27)30-5-7-32-8-6-30;/h1-4,9-11,14H,5-8,13,27-28H2;/b22-3+,23-4+;. The van der Waals surface area contributed by atoms with Gasteiger partial charge >= 0.3 is 200 Å². The number of rotatable bonds is 6. The molecule has 4 rings (SSSR count). The number of ether oxygens (including phenoxy) is 2. The molecule has 2 aromatic carbocycles. The van der Waals surface area contributed by atoms with Crippen molar-refractivity contribution in [2.45, 2.75) is 6.54 Å². The number of nitrogens with zero attached hydrogens (tertiary/aromatic N) is 3. The van der Waals surface area contributed by atoms with E-state index in [0.29, 0.717) is 55.5 Å². The van der Waals surface area contributed by atoms with Crippen LogP contribution in [-0.2, 0) is 30.6 Å². The van der Waals surface area contributed by atoms with Gasteiger partial charge in [-0.3, -0.25) is 0 Å². The Kier molecular flexibility index (Phi) is 7.38. The van der Waals surface area contributed by atoms with E-state index in [4.69, 9.17) is 20.9 Å². The third kappa shape index (κ3) is 5.51. The molecule has 1 fully saturated rings. The average Bonchev–Trinajstić information content (AvgIpc) is 2.82. The molecule has 3 aromatic rings. The Morgan fingerprint density at radius 3 is 2.50 bits per heavy atom. The molecule has 2 heterocycles. The van der Waals surface area contributed by atoms with Gasteiger partial charge in [0.25, 0.3) is 0 Å². The molecule has 1 aliphatic heterocycles. The summed E-state index contributed by atoms with van der Waals surface area (Å²) in [5.74, 6) is -1.68. The second kappa shape index (κ2) is 10.4. The van der Waals surface area contributed by atoms with Crippen LogP contribution in [0.5, 0.6) is 5.75 Å². The normalized spacial score (nSPS) is 15.1. The molecular formula is C23H22F3N5O2W. The molecule has 11 heteroatoms. The van der Waals surface area contributed by atoms with E-state index in [2.05, 4.69) is 4.98 Å². The molecule has 4 N–H and O–H groups in total. The summed E-state index contributed by atoms with van der Waals surface area (Å²) in [6.07, 6.45) is 4.76. The van der Waals surface area contributed by atoms with Crippen LogP contribution in [0.4, 0.5) is 13.2 Å². The van der Waals surface area contributed by atoms with Gasteiger partial charge in [0.15, 0.2) is 0 Å². The van der Waals surface area contributed by atoms with Gasteiger partial charge in [0.2, 0.25) is 0 Å². The van der Waals surface area contributed by atoms with Crippen LogP contribution in [-0.4, -0.2) is 40.8 Å². The van der Waals surface area contributed by atoms with Gasteiger partial charge in [0, 0.05) is 0 Å². The first-order valence-electron chi connectivity index (χ1n) is 10.4. The van der Waals surface area contributed by atoms with E-state index in [1.807, 2.05) is 4.90 Å². The van der Waals surface area contributed by atoms with Gasteiger partial charge in [-0.15, -0.1) is 0 Å². The third-order valence-electron chi connectivity index (χ3n) is 5.29. The van der Waals surface area contributed by atoms with Crippen LogP contribution in [0.2, 0.25) is 0 Å². The van der Waals surface area contributed by atoms with Crippen molar-refractivity contribution in [1.29, 1.82) is 0 Å². The number of aromatic nitrogens is 2. The first kappa shape index (κ1) is 24.0. The van der Waals surface area contributed by atoms with E-state index in [-0.39, 0.29) is 18.0 Å². The minimum atomic E-state index is -0.965. The predicted molar refractivity (Wildman–Crippen MR) is 116 cm³/mol. The van der Waals surface area contributed by atoms with E-state index in [9.17, 15) is 13.2 Å². The summed E-state index contributed by atoms with van der Waals surface area (Å²) < 4.78 is 55.0. The average molecular weight is 641 g/mol. The first-order chi connectivity index (χ1) is 16.3. The Morgan fingerprint density at radius 2 is 1.79 bits per heavy atom.